The standard InChI is InChI=1S/C10H12N4OS/c1-3-14-8(12-13-10(14)16)7-5-4-6(2)11-9(7)15/h4-5H,3H2,1-2H3,(H,11,15)(H,13,16). The summed E-state index contributed by atoms with van der Waals surface area (Å²) in [5, 5.41) is 6.76. The van der Waals surface area contributed by atoms with Gasteiger partial charge in [0.05, 0.1) is 5.56 Å². The molecule has 6 heteroatoms. The van der Waals surface area contributed by atoms with Gasteiger partial charge in [-0.3, -0.25) is 9.89 Å². The van der Waals surface area contributed by atoms with E-state index in [4.69, 9.17) is 12.2 Å². The molecule has 2 heterocycles. The van der Waals surface area contributed by atoms with Crippen molar-refractivity contribution < 1.29 is 0 Å². The SMILES string of the molecule is CCn1c(-c2ccc(C)[nH]c2=O)n[nH]c1=S. The lowest BCUT2D eigenvalue weighted by atomic mass is 10.2. The van der Waals surface area contributed by atoms with Gasteiger partial charge in [-0.2, -0.15) is 5.10 Å². The highest BCUT2D eigenvalue weighted by atomic mass is 32.1. The van der Waals surface area contributed by atoms with Gasteiger partial charge in [0, 0.05) is 12.2 Å². The van der Waals surface area contributed by atoms with Gasteiger partial charge in [-0.1, -0.05) is 0 Å². The highest BCUT2D eigenvalue weighted by Gasteiger charge is 2.10. The van der Waals surface area contributed by atoms with Crippen molar-refractivity contribution in [3.8, 4) is 11.4 Å². The van der Waals surface area contributed by atoms with Gasteiger partial charge in [-0.15, -0.1) is 0 Å². The first-order chi connectivity index (χ1) is 7.63. The third-order valence-corrected chi connectivity index (χ3v) is 2.68. The molecule has 0 amide bonds. The van der Waals surface area contributed by atoms with Gasteiger partial charge in [-0.05, 0) is 38.2 Å². The molecule has 2 rings (SSSR count). The Hall–Kier alpha value is -1.69. The van der Waals surface area contributed by atoms with Crippen molar-refractivity contribution in [3.63, 3.8) is 0 Å². The predicted octanol–water partition coefficient (Wildman–Crippen LogP) is 1.62. The Kier molecular flexibility index (Phi) is 2.74. The summed E-state index contributed by atoms with van der Waals surface area (Å²) in [5.74, 6) is 0.578. The summed E-state index contributed by atoms with van der Waals surface area (Å²) >= 11 is 5.07. The van der Waals surface area contributed by atoms with Crippen molar-refractivity contribution in [2.24, 2.45) is 0 Å². The molecule has 84 valence electrons. The average molecular weight is 236 g/mol. The predicted molar refractivity (Wildman–Crippen MR) is 63.9 cm³/mol. The summed E-state index contributed by atoms with van der Waals surface area (Å²) in [6.45, 7) is 4.47. The first-order valence-corrected chi connectivity index (χ1v) is 5.39. The molecular formula is C10H12N4OS. The molecule has 0 spiro atoms. The van der Waals surface area contributed by atoms with Gasteiger partial charge >= 0.3 is 0 Å². The van der Waals surface area contributed by atoms with Crippen LogP contribution in [0.3, 0.4) is 0 Å². The van der Waals surface area contributed by atoms with Crippen molar-refractivity contribution in [2.75, 3.05) is 0 Å². The quantitative estimate of drug-likeness (QED) is 0.779. The van der Waals surface area contributed by atoms with Crippen molar-refractivity contribution in [1.82, 2.24) is 19.7 Å². The number of aromatic nitrogens is 4. The van der Waals surface area contributed by atoms with Crippen molar-refractivity contribution in [2.45, 2.75) is 20.4 Å². The summed E-state index contributed by atoms with van der Waals surface area (Å²) in [4.78, 5) is 14.5. The van der Waals surface area contributed by atoms with Crippen LogP contribution in [0.5, 0.6) is 0 Å². The molecule has 2 N–H and O–H groups in total. The van der Waals surface area contributed by atoms with Crippen LogP contribution in [0.15, 0.2) is 16.9 Å². The zero-order chi connectivity index (χ0) is 11.7. The van der Waals surface area contributed by atoms with Crippen LogP contribution in [0.1, 0.15) is 12.6 Å². The maximum Gasteiger partial charge on any atom is 0.259 e. The topological polar surface area (TPSA) is 66.5 Å². The molecule has 0 aliphatic heterocycles. The van der Waals surface area contributed by atoms with E-state index in [0.29, 0.717) is 22.7 Å². The Morgan fingerprint density at radius 1 is 1.50 bits per heavy atom. The third-order valence-electron chi connectivity index (χ3n) is 2.37. The molecule has 0 aliphatic carbocycles. The zero-order valence-corrected chi connectivity index (χ0v) is 9.89. The van der Waals surface area contributed by atoms with Crippen LogP contribution < -0.4 is 5.56 Å². The number of hydrogen-bond donors (Lipinski definition) is 2. The minimum atomic E-state index is -0.149. The summed E-state index contributed by atoms with van der Waals surface area (Å²) in [7, 11) is 0. The monoisotopic (exact) mass is 236 g/mol. The van der Waals surface area contributed by atoms with Crippen LogP contribution in [0.4, 0.5) is 0 Å². The second-order valence-electron chi connectivity index (χ2n) is 3.48. The zero-order valence-electron chi connectivity index (χ0n) is 9.07. The van der Waals surface area contributed by atoms with Crippen LogP contribution in [0, 0.1) is 11.7 Å². The van der Waals surface area contributed by atoms with Gasteiger partial charge in [0.25, 0.3) is 5.56 Å². The number of aryl methyl sites for hydroxylation is 1. The number of hydrogen-bond acceptors (Lipinski definition) is 3. The number of nitrogens with one attached hydrogen (secondary N) is 2. The van der Waals surface area contributed by atoms with Gasteiger partial charge in [-0.25, -0.2) is 0 Å². The van der Waals surface area contributed by atoms with E-state index >= 15 is 0 Å². The molecule has 0 saturated carbocycles. The molecule has 2 aromatic heterocycles. The van der Waals surface area contributed by atoms with Crippen LogP contribution >= 0.6 is 12.2 Å². The van der Waals surface area contributed by atoms with Crippen LogP contribution in [-0.2, 0) is 6.54 Å². The van der Waals surface area contributed by atoms with Crippen molar-refractivity contribution in [1.29, 1.82) is 0 Å². The fourth-order valence-corrected chi connectivity index (χ4v) is 1.83. The van der Waals surface area contributed by atoms with E-state index in [2.05, 4.69) is 15.2 Å². The van der Waals surface area contributed by atoms with Gasteiger partial charge < -0.3 is 9.55 Å². The van der Waals surface area contributed by atoms with Gasteiger partial charge in [0.2, 0.25) is 0 Å². The second kappa shape index (κ2) is 4.05. The van der Waals surface area contributed by atoms with E-state index in [-0.39, 0.29) is 5.56 Å². The lowest BCUT2D eigenvalue weighted by Gasteiger charge is -2.02. The molecule has 0 bridgehead atoms. The Morgan fingerprint density at radius 2 is 2.25 bits per heavy atom. The number of nitrogens with zero attached hydrogens (tertiary/aromatic N) is 2. The highest BCUT2D eigenvalue weighted by Crippen LogP contribution is 2.12. The normalized spacial score (nSPS) is 10.6. The molecule has 0 aromatic carbocycles. The fourth-order valence-electron chi connectivity index (χ4n) is 1.56. The average Bonchev–Trinajstić information content (AvgIpc) is 2.59. The number of aromatic amines is 2. The maximum absolute atomic E-state index is 11.8. The number of rotatable bonds is 2. The smallest absolute Gasteiger partial charge is 0.259 e. The Morgan fingerprint density at radius 3 is 2.88 bits per heavy atom. The first kappa shape index (κ1) is 10.8. The first-order valence-electron chi connectivity index (χ1n) is 4.99. The van der Waals surface area contributed by atoms with E-state index < -0.39 is 0 Å². The van der Waals surface area contributed by atoms with Crippen LogP contribution in [-0.4, -0.2) is 19.7 Å². The highest BCUT2D eigenvalue weighted by molar-refractivity contribution is 7.71. The van der Waals surface area contributed by atoms with E-state index in [1.165, 1.54) is 0 Å². The largest absolute Gasteiger partial charge is 0.326 e. The van der Waals surface area contributed by atoms with E-state index in [1.807, 2.05) is 19.9 Å². The van der Waals surface area contributed by atoms with Crippen molar-refractivity contribution >= 4 is 12.2 Å². The van der Waals surface area contributed by atoms with Crippen LogP contribution in [0.25, 0.3) is 11.4 Å². The van der Waals surface area contributed by atoms with E-state index in [1.54, 1.807) is 10.6 Å². The molecule has 16 heavy (non-hydrogen) atoms. The summed E-state index contributed by atoms with van der Waals surface area (Å²) in [6, 6.07) is 3.60. The Bertz CT molecular complexity index is 622. The fraction of sp³-hybridized carbons (Fsp3) is 0.300. The summed E-state index contributed by atoms with van der Waals surface area (Å²) < 4.78 is 2.31. The Balaban J connectivity index is 2.68. The molecule has 2 aromatic rings. The lowest BCUT2D eigenvalue weighted by molar-refractivity contribution is 0.754. The second-order valence-corrected chi connectivity index (χ2v) is 3.87. The number of H-pyrrole nitrogens is 2. The molecule has 5 nitrogen and oxygen atoms in total. The van der Waals surface area contributed by atoms with Gasteiger partial charge in [0.15, 0.2) is 10.6 Å². The maximum atomic E-state index is 11.8. The van der Waals surface area contributed by atoms with Crippen molar-refractivity contribution in [3.05, 3.63) is 33.0 Å². The molecule has 0 atom stereocenters. The molecule has 0 aliphatic rings. The van der Waals surface area contributed by atoms with E-state index in [0.717, 1.165) is 5.69 Å². The molecule has 0 saturated heterocycles. The van der Waals surface area contributed by atoms with E-state index in [9.17, 15) is 4.79 Å². The Labute approximate surface area is 97.2 Å². The third kappa shape index (κ3) is 1.71. The van der Waals surface area contributed by atoms with Gasteiger partial charge in [0.1, 0.15) is 0 Å². The minimum Gasteiger partial charge on any atom is -0.326 e. The lowest BCUT2D eigenvalue weighted by Crippen LogP contribution is -2.12. The summed E-state index contributed by atoms with van der Waals surface area (Å²) in [5.41, 5.74) is 1.20. The molecule has 0 radical (unpaired) electrons. The summed E-state index contributed by atoms with van der Waals surface area (Å²) in [6.07, 6.45) is 0. The molecular weight excluding hydrogens is 224 g/mol. The van der Waals surface area contributed by atoms with Crippen LogP contribution in [0.2, 0.25) is 0 Å². The minimum absolute atomic E-state index is 0.149. The molecule has 0 unspecified atom stereocenters. The number of pyridine rings is 1. The molecule has 0 fully saturated rings.